The lowest BCUT2D eigenvalue weighted by molar-refractivity contribution is -0.142. The Balaban J connectivity index is 1.82. The second-order valence-electron chi connectivity index (χ2n) is 6.92. The zero-order valence-electron chi connectivity index (χ0n) is 15.6. The number of carbonyl (C=O) groups is 2. The summed E-state index contributed by atoms with van der Waals surface area (Å²) in [6, 6.07) is 8.76. The Morgan fingerprint density at radius 1 is 1.26 bits per heavy atom. The van der Waals surface area contributed by atoms with Crippen molar-refractivity contribution in [3.8, 4) is 0 Å². The second kappa shape index (κ2) is 8.35. The van der Waals surface area contributed by atoms with Crippen LogP contribution in [0, 0.1) is 12.8 Å². The van der Waals surface area contributed by atoms with Crippen molar-refractivity contribution in [2.75, 3.05) is 13.2 Å². The number of aromatic nitrogens is 2. The molecule has 27 heavy (non-hydrogen) atoms. The number of nitrogens with one attached hydrogen (secondary N) is 1. The second-order valence-corrected chi connectivity index (χ2v) is 6.92. The van der Waals surface area contributed by atoms with E-state index >= 15 is 0 Å². The minimum atomic E-state index is -0.959. The standard InChI is InChI=1S/C20H25N3O4/c1-13(20(25)26)18(15-6-4-3-5-7-15)22-19(24)17-12-21-23(14(17)2)16-8-10-27-11-9-16/h3-7,12-13,16,18H,8-11H2,1-2H3,(H,22,24)(H,25,26). The Morgan fingerprint density at radius 2 is 1.93 bits per heavy atom. The highest BCUT2D eigenvalue weighted by Crippen LogP contribution is 2.25. The Morgan fingerprint density at radius 3 is 2.56 bits per heavy atom. The van der Waals surface area contributed by atoms with Crippen molar-refractivity contribution in [3.05, 3.63) is 53.3 Å². The van der Waals surface area contributed by atoms with Gasteiger partial charge in [-0.2, -0.15) is 5.10 Å². The van der Waals surface area contributed by atoms with Gasteiger partial charge in [0.25, 0.3) is 5.91 Å². The summed E-state index contributed by atoms with van der Waals surface area (Å²) >= 11 is 0. The van der Waals surface area contributed by atoms with E-state index in [0.29, 0.717) is 18.8 Å². The molecule has 0 saturated carbocycles. The van der Waals surface area contributed by atoms with Crippen LogP contribution >= 0.6 is 0 Å². The SMILES string of the molecule is Cc1c(C(=O)NC(c2ccccc2)C(C)C(=O)O)cnn1C1CCOCC1. The lowest BCUT2D eigenvalue weighted by atomic mass is 9.94. The van der Waals surface area contributed by atoms with Crippen LogP contribution in [0.2, 0.25) is 0 Å². The highest BCUT2D eigenvalue weighted by Gasteiger charge is 2.29. The summed E-state index contributed by atoms with van der Waals surface area (Å²) in [5.41, 5.74) is 2.02. The number of ether oxygens (including phenoxy) is 1. The van der Waals surface area contributed by atoms with E-state index in [1.165, 1.54) is 0 Å². The number of carbonyl (C=O) groups excluding carboxylic acids is 1. The molecule has 2 N–H and O–H groups in total. The highest BCUT2D eigenvalue weighted by atomic mass is 16.5. The van der Waals surface area contributed by atoms with Crippen LogP contribution in [0.3, 0.4) is 0 Å². The van der Waals surface area contributed by atoms with Crippen LogP contribution < -0.4 is 5.32 Å². The molecule has 1 aromatic carbocycles. The molecule has 0 aliphatic carbocycles. The molecule has 2 unspecified atom stereocenters. The van der Waals surface area contributed by atoms with Gasteiger partial charge in [0.15, 0.2) is 0 Å². The third kappa shape index (κ3) is 4.19. The maximum Gasteiger partial charge on any atom is 0.308 e. The van der Waals surface area contributed by atoms with Crippen LogP contribution in [0.4, 0.5) is 0 Å². The maximum atomic E-state index is 12.9. The summed E-state index contributed by atoms with van der Waals surface area (Å²) in [4.78, 5) is 24.4. The first-order valence-electron chi connectivity index (χ1n) is 9.19. The van der Waals surface area contributed by atoms with E-state index in [1.807, 2.05) is 41.9 Å². The first kappa shape index (κ1) is 19.1. The Kier molecular flexibility index (Phi) is 5.91. The number of aliphatic carboxylic acids is 1. The molecule has 144 valence electrons. The van der Waals surface area contributed by atoms with Gasteiger partial charge in [0.1, 0.15) is 0 Å². The molecule has 1 saturated heterocycles. The number of amides is 1. The van der Waals surface area contributed by atoms with E-state index in [1.54, 1.807) is 13.1 Å². The minimum absolute atomic E-state index is 0.225. The highest BCUT2D eigenvalue weighted by molar-refractivity contribution is 5.95. The molecule has 7 heteroatoms. The van der Waals surface area contributed by atoms with Gasteiger partial charge in [-0.15, -0.1) is 0 Å². The van der Waals surface area contributed by atoms with Crippen LogP contribution in [0.25, 0.3) is 0 Å². The first-order chi connectivity index (χ1) is 13.0. The zero-order valence-corrected chi connectivity index (χ0v) is 15.6. The first-order valence-corrected chi connectivity index (χ1v) is 9.19. The van der Waals surface area contributed by atoms with Crippen LogP contribution in [0.5, 0.6) is 0 Å². The fraction of sp³-hybridized carbons (Fsp3) is 0.450. The number of nitrogens with zero attached hydrogens (tertiary/aromatic N) is 2. The van der Waals surface area contributed by atoms with Gasteiger partial charge in [-0.25, -0.2) is 0 Å². The van der Waals surface area contributed by atoms with Gasteiger partial charge in [-0.3, -0.25) is 14.3 Å². The predicted molar refractivity (Wildman–Crippen MR) is 99.5 cm³/mol. The quantitative estimate of drug-likeness (QED) is 0.814. The fourth-order valence-electron chi connectivity index (χ4n) is 3.46. The summed E-state index contributed by atoms with van der Waals surface area (Å²) in [5.74, 6) is -2.03. The molecule has 1 aromatic heterocycles. The van der Waals surface area contributed by atoms with Crippen LogP contribution in [0.1, 0.15) is 53.5 Å². The molecule has 7 nitrogen and oxygen atoms in total. The molecule has 1 aliphatic heterocycles. The molecule has 0 spiro atoms. The zero-order chi connectivity index (χ0) is 19.4. The predicted octanol–water partition coefficient (Wildman–Crippen LogP) is 2.73. The van der Waals surface area contributed by atoms with Crippen molar-refractivity contribution in [2.45, 2.75) is 38.8 Å². The van der Waals surface area contributed by atoms with Gasteiger partial charge in [0.05, 0.1) is 29.8 Å². The number of carboxylic acids is 1. The molecule has 1 fully saturated rings. The lowest BCUT2D eigenvalue weighted by Crippen LogP contribution is -2.35. The Bertz CT molecular complexity index is 797. The molecular weight excluding hydrogens is 346 g/mol. The largest absolute Gasteiger partial charge is 0.481 e. The summed E-state index contributed by atoms with van der Waals surface area (Å²) in [6.45, 7) is 4.85. The maximum absolute atomic E-state index is 12.9. The van der Waals surface area contributed by atoms with E-state index in [0.717, 1.165) is 24.1 Å². The number of hydrogen-bond acceptors (Lipinski definition) is 4. The summed E-state index contributed by atoms with van der Waals surface area (Å²) in [5, 5.41) is 16.7. The van der Waals surface area contributed by atoms with Gasteiger partial charge < -0.3 is 15.2 Å². The van der Waals surface area contributed by atoms with Crippen molar-refractivity contribution >= 4 is 11.9 Å². The fourth-order valence-corrected chi connectivity index (χ4v) is 3.46. The van der Waals surface area contributed by atoms with Gasteiger partial charge in [0.2, 0.25) is 0 Å². The molecule has 3 rings (SSSR count). The van der Waals surface area contributed by atoms with Gasteiger partial charge >= 0.3 is 5.97 Å². The van der Waals surface area contributed by atoms with E-state index < -0.39 is 17.9 Å². The molecule has 0 bridgehead atoms. The number of carboxylic acid groups (broad SMARTS) is 1. The van der Waals surface area contributed by atoms with Crippen LogP contribution in [-0.4, -0.2) is 40.0 Å². The molecule has 1 aliphatic rings. The van der Waals surface area contributed by atoms with Crippen LogP contribution in [-0.2, 0) is 9.53 Å². The van der Waals surface area contributed by atoms with Crippen molar-refractivity contribution in [3.63, 3.8) is 0 Å². The van der Waals surface area contributed by atoms with Gasteiger partial charge in [0, 0.05) is 18.9 Å². The average Bonchev–Trinajstić information content (AvgIpc) is 3.08. The topological polar surface area (TPSA) is 93.5 Å². The van der Waals surface area contributed by atoms with Crippen LogP contribution in [0.15, 0.2) is 36.5 Å². The number of hydrogen-bond donors (Lipinski definition) is 2. The van der Waals surface area contributed by atoms with Crippen molar-refractivity contribution in [1.29, 1.82) is 0 Å². The summed E-state index contributed by atoms with van der Waals surface area (Å²) in [6.07, 6.45) is 3.30. The van der Waals surface area contributed by atoms with Gasteiger partial charge in [-0.05, 0) is 32.3 Å². The van der Waals surface area contributed by atoms with E-state index in [2.05, 4.69) is 10.4 Å². The summed E-state index contributed by atoms with van der Waals surface area (Å²) in [7, 11) is 0. The van der Waals surface area contributed by atoms with E-state index in [-0.39, 0.29) is 11.9 Å². The smallest absolute Gasteiger partial charge is 0.308 e. The molecule has 2 heterocycles. The number of rotatable bonds is 6. The average molecular weight is 371 g/mol. The lowest BCUT2D eigenvalue weighted by Gasteiger charge is -2.24. The van der Waals surface area contributed by atoms with Crippen molar-refractivity contribution in [1.82, 2.24) is 15.1 Å². The van der Waals surface area contributed by atoms with E-state index in [4.69, 9.17) is 4.74 Å². The Labute approximate surface area is 158 Å². The van der Waals surface area contributed by atoms with Crippen molar-refractivity contribution in [2.24, 2.45) is 5.92 Å². The normalized spacial score (nSPS) is 17.3. The monoisotopic (exact) mass is 371 g/mol. The molecule has 2 atom stereocenters. The molecule has 0 radical (unpaired) electrons. The molecule has 2 aromatic rings. The summed E-state index contributed by atoms with van der Waals surface area (Å²) < 4.78 is 7.27. The third-order valence-corrected chi connectivity index (χ3v) is 5.16. The Hall–Kier alpha value is -2.67. The minimum Gasteiger partial charge on any atom is -0.481 e. The molecule has 1 amide bonds. The van der Waals surface area contributed by atoms with Gasteiger partial charge in [-0.1, -0.05) is 30.3 Å². The third-order valence-electron chi connectivity index (χ3n) is 5.16. The number of benzene rings is 1. The van der Waals surface area contributed by atoms with E-state index in [9.17, 15) is 14.7 Å². The van der Waals surface area contributed by atoms with Crippen molar-refractivity contribution < 1.29 is 19.4 Å². The molecular formula is C20H25N3O4.